The summed E-state index contributed by atoms with van der Waals surface area (Å²) in [5, 5.41) is 26.4. The molecule has 9 heavy (non-hydrogen) atoms. The number of ether oxygens (including phenoxy) is 1. The molecule has 3 atom stereocenters. The van der Waals surface area contributed by atoms with E-state index < -0.39 is 18.5 Å². The molecule has 54 valence electrons. The van der Waals surface area contributed by atoms with Crippen LogP contribution < -0.4 is 0 Å². The monoisotopic (exact) mass is 134 g/mol. The molecule has 3 N–H and O–H groups in total. The van der Waals surface area contributed by atoms with Gasteiger partial charge in [0.2, 0.25) is 0 Å². The molecule has 0 saturated carbocycles. The van der Waals surface area contributed by atoms with Gasteiger partial charge in [-0.1, -0.05) is 0 Å². The Bertz CT molecular complexity index is 95.0. The Morgan fingerprint density at radius 1 is 1.11 bits per heavy atom. The fourth-order valence-corrected chi connectivity index (χ4v) is 0.752. The van der Waals surface area contributed by atoms with E-state index in [1.165, 1.54) is 0 Å². The number of aliphatic hydroxyl groups is 3. The Labute approximate surface area is 52.7 Å². The van der Waals surface area contributed by atoms with Gasteiger partial charge in [-0.2, -0.15) is 0 Å². The summed E-state index contributed by atoms with van der Waals surface area (Å²) < 4.78 is 4.61. The van der Waals surface area contributed by atoms with E-state index in [1.807, 2.05) is 0 Å². The van der Waals surface area contributed by atoms with Crippen LogP contribution >= 0.6 is 0 Å². The first-order valence-electron chi connectivity index (χ1n) is 2.86. The van der Waals surface area contributed by atoms with Gasteiger partial charge in [0.1, 0.15) is 6.10 Å². The standard InChI is InChI=1S/C5H10O4/c6-3-1-5(8)9-2-4(3)7/h3-8H,1-2H2/t3-,4+,5-/m0/s1. The molecule has 0 bridgehead atoms. The van der Waals surface area contributed by atoms with E-state index in [-0.39, 0.29) is 13.0 Å². The third-order valence-corrected chi connectivity index (χ3v) is 1.35. The molecule has 1 aliphatic heterocycles. The third kappa shape index (κ3) is 1.62. The highest BCUT2D eigenvalue weighted by Crippen LogP contribution is 2.11. The lowest BCUT2D eigenvalue weighted by atomic mass is 10.1. The van der Waals surface area contributed by atoms with Crippen LogP contribution in [0.3, 0.4) is 0 Å². The second-order valence-electron chi connectivity index (χ2n) is 2.16. The molecule has 0 aromatic rings. The lowest BCUT2D eigenvalue weighted by Crippen LogP contribution is -2.40. The topological polar surface area (TPSA) is 69.9 Å². The number of rotatable bonds is 0. The summed E-state index contributed by atoms with van der Waals surface area (Å²) in [5.41, 5.74) is 0. The van der Waals surface area contributed by atoms with Crippen molar-refractivity contribution in [1.29, 1.82) is 0 Å². The normalized spacial score (nSPS) is 45.0. The summed E-state index contributed by atoms with van der Waals surface area (Å²) in [6.07, 6.45) is -2.49. The molecule has 1 rings (SSSR count). The average molecular weight is 134 g/mol. The van der Waals surface area contributed by atoms with Crippen LogP contribution in [0.5, 0.6) is 0 Å². The molecule has 0 spiro atoms. The maximum Gasteiger partial charge on any atom is 0.157 e. The van der Waals surface area contributed by atoms with Gasteiger partial charge in [0.15, 0.2) is 6.29 Å². The van der Waals surface area contributed by atoms with Crippen molar-refractivity contribution >= 4 is 0 Å². The zero-order valence-corrected chi connectivity index (χ0v) is 4.90. The molecule has 0 aromatic carbocycles. The summed E-state index contributed by atoms with van der Waals surface area (Å²) in [4.78, 5) is 0. The summed E-state index contributed by atoms with van der Waals surface area (Å²) in [6.45, 7) is 0.0162. The Morgan fingerprint density at radius 2 is 1.78 bits per heavy atom. The maximum absolute atomic E-state index is 8.86. The molecule has 0 radical (unpaired) electrons. The van der Waals surface area contributed by atoms with E-state index in [2.05, 4.69) is 4.74 Å². The van der Waals surface area contributed by atoms with E-state index in [0.29, 0.717) is 0 Å². The van der Waals surface area contributed by atoms with Crippen molar-refractivity contribution in [3.8, 4) is 0 Å². The largest absolute Gasteiger partial charge is 0.390 e. The summed E-state index contributed by atoms with van der Waals surface area (Å²) in [5.74, 6) is 0. The van der Waals surface area contributed by atoms with E-state index in [0.717, 1.165) is 0 Å². The second kappa shape index (κ2) is 2.62. The Balaban J connectivity index is 2.35. The highest BCUT2D eigenvalue weighted by atomic mass is 16.6. The fourth-order valence-electron chi connectivity index (χ4n) is 0.752. The van der Waals surface area contributed by atoms with E-state index >= 15 is 0 Å². The maximum atomic E-state index is 8.86. The summed E-state index contributed by atoms with van der Waals surface area (Å²) in [7, 11) is 0. The van der Waals surface area contributed by atoms with E-state index in [9.17, 15) is 0 Å². The Kier molecular flexibility index (Phi) is 2.02. The molecule has 1 saturated heterocycles. The highest BCUT2D eigenvalue weighted by Gasteiger charge is 2.26. The first kappa shape index (κ1) is 6.95. The van der Waals surface area contributed by atoms with E-state index in [1.54, 1.807) is 0 Å². The first-order chi connectivity index (χ1) is 4.20. The molecule has 1 fully saturated rings. The highest BCUT2D eigenvalue weighted by molar-refractivity contribution is 4.72. The van der Waals surface area contributed by atoms with Crippen LogP contribution in [-0.2, 0) is 4.74 Å². The molecule has 1 heterocycles. The van der Waals surface area contributed by atoms with E-state index in [4.69, 9.17) is 15.3 Å². The quantitative estimate of drug-likeness (QED) is 0.375. The van der Waals surface area contributed by atoms with Crippen molar-refractivity contribution in [2.24, 2.45) is 0 Å². The SMILES string of the molecule is O[C@@H]1C[C@H](O)[C@H](O)CO1. The molecular weight excluding hydrogens is 124 g/mol. The van der Waals surface area contributed by atoms with Gasteiger partial charge in [0.05, 0.1) is 12.7 Å². The lowest BCUT2D eigenvalue weighted by molar-refractivity contribution is -0.193. The molecule has 0 unspecified atom stereocenters. The molecule has 0 amide bonds. The second-order valence-corrected chi connectivity index (χ2v) is 2.16. The average Bonchev–Trinajstić information content (AvgIpc) is 1.80. The molecule has 0 aromatic heterocycles. The zero-order valence-electron chi connectivity index (χ0n) is 4.90. The predicted molar refractivity (Wildman–Crippen MR) is 28.6 cm³/mol. The smallest absolute Gasteiger partial charge is 0.157 e. The number of hydrogen-bond acceptors (Lipinski definition) is 4. The predicted octanol–water partition coefficient (Wildman–Crippen LogP) is -1.55. The molecule has 0 aliphatic carbocycles. The van der Waals surface area contributed by atoms with Crippen molar-refractivity contribution in [1.82, 2.24) is 0 Å². The number of aliphatic hydroxyl groups excluding tert-OH is 3. The first-order valence-corrected chi connectivity index (χ1v) is 2.86. The van der Waals surface area contributed by atoms with Gasteiger partial charge in [0, 0.05) is 6.42 Å². The lowest BCUT2D eigenvalue weighted by Gasteiger charge is -2.26. The Morgan fingerprint density at radius 3 is 2.22 bits per heavy atom. The van der Waals surface area contributed by atoms with Gasteiger partial charge in [-0.15, -0.1) is 0 Å². The van der Waals surface area contributed by atoms with Crippen molar-refractivity contribution < 1.29 is 20.1 Å². The third-order valence-electron chi connectivity index (χ3n) is 1.35. The van der Waals surface area contributed by atoms with Crippen molar-refractivity contribution in [3.05, 3.63) is 0 Å². The van der Waals surface area contributed by atoms with Crippen LogP contribution in [0.1, 0.15) is 6.42 Å². The van der Waals surface area contributed by atoms with Gasteiger partial charge in [-0.05, 0) is 0 Å². The van der Waals surface area contributed by atoms with Crippen LogP contribution in [0, 0.1) is 0 Å². The van der Waals surface area contributed by atoms with Gasteiger partial charge >= 0.3 is 0 Å². The zero-order chi connectivity index (χ0) is 6.85. The Hall–Kier alpha value is -0.160. The fraction of sp³-hybridized carbons (Fsp3) is 1.00. The molecule has 4 nitrogen and oxygen atoms in total. The van der Waals surface area contributed by atoms with Crippen LogP contribution in [0.4, 0.5) is 0 Å². The van der Waals surface area contributed by atoms with Gasteiger partial charge < -0.3 is 20.1 Å². The van der Waals surface area contributed by atoms with Crippen LogP contribution in [0.2, 0.25) is 0 Å². The van der Waals surface area contributed by atoms with Crippen LogP contribution in [-0.4, -0.2) is 40.4 Å². The molecular formula is C5H10O4. The van der Waals surface area contributed by atoms with Crippen LogP contribution in [0.15, 0.2) is 0 Å². The van der Waals surface area contributed by atoms with Gasteiger partial charge in [0.25, 0.3) is 0 Å². The summed E-state index contributed by atoms with van der Waals surface area (Å²) in [6, 6.07) is 0. The minimum Gasteiger partial charge on any atom is -0.390 e. The van der Waals surface area contributed by atoms with Crippen LogP contribution in [0.25, 0.3) is 0 Å². The minimum atomic E-state index is -0.914. The van der Waals surface area contributed by atoms with Gasteiger partial charge in [-0.3, -0.25) is 0 Å². The minimum absolute atomic E-state index is 0.0162. The summed E-state index contributed by atoms with van der Waals surface area (Å²) >= 11 is 0. The molecule has 1 aliphatic rings. The number of hydrogen-bond donors (Lipinski definition) is 3. The van der Waals surface area contributed by atoms with Crippen molar-refractivity contribution in [3.63, 3.8) is 0 Å². The van der Waals surface area contributed by atoms with Crippen molar-refractivity contribution in [2.75, 3.05) is 6.61 Å². The molecule has 4 heteroatoms. The van der Waals surface area contributed by atoms with Crippen molar-refractivity contribution in [2.45, 2.75) is 24.9 Å². The van der Waals surface area contributed by atoms with Gasteiger partial charge in [-0.25, -0.2) is 0 Å².